The Morgan fingerprint density at radius 2 is 1.96 bits per heavy atom. The first-order valence-corrected chi connectivity index (χ1v) is 7.39. The molecule has 9 nitrogen and oxygen atoms in total. The van der Waals surface area contributed by atoms with Gasteiger partial charge in [0.15, 0.2) is 5.82 Å². The molecule has 0 aliphatic carbocycles. The lowest BCUT2D eigenvalue weighted by Crippen LogP contribution is -2.17. The molecular formula is C13H8N6O3S. The minimum absolute atomic E-state index is 0.0221. The van der Waals surface area contributed by atoms with Crippen LogP contribution in [0.4, 0.5) is 0 Å². The van der Waals surface area contributed by atoms with E-state index in [1.54, 1.807) is 18.5 Å². The highest BCUT2D eigenvalue weighted by molar-refractivity contribution is 7.13. The molecule has 114 valence electrons. The molecule has 0 fully saturated rings. The molecule has 4 aromatic rings. The quantitative estimate of drug-likeness (QED) is 0.553. The molecule has 4 heterocycles. The Balaban J connectivity index is 1.68. The van der Waals surface area contributed by atoms with Gasteiger partial charge in [-0.3, -0.25) is 4.52 Å². The Kier molecular flexibility index (Phi) is 3.27. The van der Waals surface area contributed by atoms with Gasteiger partial charge < -0.3 is 4.52 Å². The van der Waals surface area contributed by atoms with E-state index in [2.05, 4.69) is 25.3 Å². The summed E-state index contributed by atoms with van der Waals surface area (Å²) in [4.78, 5) is 25.1. The molecule has 0 radical (unpaired) electrons. The highest BCUT2D eigenvalue weighted by Crippen LogP contribution is 2.21. The first-order valence-electron chi connectivity index (χ1n) is 6.51. The zero-order valence-electron chi connectivity index (χ0n) is 11.5. The van der Waals surface area contributed by atoms with Crippen LogP contribution in [0.15, 0.2) is 49.8 Å². The molecule has 0 amide bonds. The predicted molar refractivity (Wildman–Crippen MR) is 78.5 cm³/mol. The Hall–Kier alpha value is -3.14. The molecule has 4 rings (SSSR count). The second-order valence-corrected chi connectivity index (χ2v) is 5.37. The van der Waals surface area contributed by atoms with Gasteiger partial charge in [-0.2, -0.15) is 4.98 Å². The van der Waals surface area contributed by atoms with Crippen LogP contribution < -0.4 is 5.76 Å². The maximum atomic E-state index is 11.8. The summed E-state index contributed by atoms with van der Waals surface area (Å²) in [6.07, 6.45) is 3.10. The van der Waals surface area contributed by atoms with Gasteiger partial charge in [0.25, 0.3) is 0 Å². The summed E-state index contributed by atoms with van der Waals surface area (Å²) < 4.78 is 11.1. The molecule has 0 bridgehead atoms. The Labute approximate surface area is 132 Å². The van der Waals surface area contributed by atoms with Gasteiger partial charge in [-0.25, -0.2) is 19.3 Å². The lowest BCUT2D eigenvalue weighted by atomic mass is 10.4. The van der Waals surface area contributed by atoms with Crippen molar-refractivity contribution in [1.29, 1.82) is 0 Å². The molecule has 10 heteroatoms. The fourth-order valence-corrected chi connectivity index (χ4v) is 2.59. The second-order valence-electron chi connectivity index (χ2n) is 4.42. The van der Waals surface area contributed by atoms with Crippen molar-refractivity contribution in [2.24, 2.45) is 0 Å². The summed E-state index contributed by atoms with van der Waals surface area (Å²) in [5.74, 6) is 0.555. The molecule has 4 aromatic heterocycles. The third kappa shape index (κ3) is 2.55. The fraction of sp³-hybridized carbons (Fsp3) is 0.0769. The minimum atomic E-state index is -0.650. The molecule has 0 N–H and O–H groups in total. The van der Waals surface area contributed by atoms with Crippen LogP contribution in [-0.4, -0.2) is 29.8 Å². The maximum Gasteiger partial charge on any atom is 0.442 e. The van der Waals surface area contributed by atoms with E-state index in [1.165, 1.54) is 15.9 Å². The third-order valence-corrected chi connectivity index (χ3v) is 3.82. The number of hydrogen-bond acceptors (Lipinski definition) is 9. The van der Waals surface area contributed by atoms with Crippen molar-refractivity contribution in [3.8, 4) is 22.4 Å². The van der Waals surface area contributed by atoms with E-state index in [9.17, 15) is 4.79 Å². The monoisotopic (exact) mass is 328 g/mol. The van der Waals surface area contributed by atoms with Crippen LogP contribution in [0, 0.1) is 0 Å². The van der Waals surface area contributed by atoms with Crippen molar-refractivity contribution >= 4 is 11.3 Å². The summed E-state index contributed by atoms with van der Waals surface area (Å²) in [6.45, 7) is 0.0221. The van der Waals surface area contributed by atoms with E-state index in [0.717, 1.165) is 4.88 Å². The topological polar surface area (TPSA) is 113 Å². The SMILES string of the molecule is O=c1onc(-c2ncccn2)n1Cc1nc(-c2cccs2)no1. The van der Waals surface area contributed by atoms with Gasteiger partial charge in [-0.15, -0.1) is 11.3 Å². The van der Waals surface area contributed by atoms with Crippen molar-refractivity contribution in [1.82, 2.24) is 29.8 Å². The van der Waals surface area contributed by atoms with Crippen molar-refractivity contribution in [2.45, 2.75) is 6.54 Å². The van der Waals surface area contributed by atoms with Crippen molar-refractivity contribution < 1.29 is 9.05 Å². The van der Waals surface area contributed by atoms with Gasteiger partial charge in [0.2, 0.25) is 17.5 Å². The summed E-state index contributed by atoms with van der Waals surface area (Å²) in [6, 6.07) is 5.44. The van der Waals surface area contributed by atoms with Gasteiger partial charge in [-0.1, -0.05) is 16.4 Å². The summed E-state index contributed by atoms with van der Waals surface area (Å²) in [5.41, 5.74) is 0. The van der Waals surface area contributed by atoms with Crippen LogP contribution >= 0.6 is 11.3 Å². The number of hydrogen-bond donors (Lipinski definition) is 0. The van der Waals surface area contributed by atoms with Gasteiger partial charge in [-0.05, 0) is 17.5 Å². The molecule has 0 saturated carbocycles. The van der Waals surface area contributed by atoms with Crippen LogP contribution in [0.5, 0.6) is 0 Å². The van der Waals surface area contributed by atoms with Gasteiger partial charge >= 0.3 is 5.76 Å². The van der Waals surface area contributed by atoms with E-state index in [4.69, 9.17) is 9.05 Å². The van der Waals surface area contributed by atoms with Crippen LogP contribution in [0.25, 0.3) is 22.4 Å². The average Bonchev–Trinajstić information content (AvgIpc) is 3.31. The average molecular weight is 328 g/mol. The van der Waals surface area contributed by atoms with E-state index in [1.807, 2.05) is 17.5 Å². The lowest BCUT2D eigenvalue weighted by Gasteiger charge is -1.99. The second kappa shape index (κ2) is 5.57. The van der Waals surface area contributed by atoms with E-state index >= 15 is 0 Å². The number of nitrogens with zero attached hydrogens (tertiary/aromatic N) is 6. The highest BCUT2D eigenvalue weighted by atomic mass is 32.1. The van der Waals surface area contributed by atoms with Crippen LogP contribution in [0.3, 0.4) is 0 Å². The van der Waals surface area contributed by atoms with Crippen LogP contribution in [0.1, 0.15) is 5.89 Å². The smallest absolute Gasteiger partial charge is 0.337 e. The maximum absolute atomic E-state index is 11.8. The molecular weight excluding hydrogens is 320 g/mol. The first-order chi connectivity index (χ1) is 11.3. The fourth-order valence-electron chi connectivity index (χ4n) is 1.94. The van der Waals surface area contributed by atoms with Crippen molar-refractivity contribution in [3.05, 3.63) is 52.4 Å². The largest absolute Gasteiger partial charge is 0.442 e. The summed E-state index contributed by atoms with van der Waals surface area (Å²) in [7, 11) is 0. The highest BCUT2D eigenvalue weighted by Gasteiger charge is 2.18. The summed E-state index contributed by atoms with van der Waals surface area (Å²) in [5, 5.41) is 9.52. The third-order valence-electron chi connectivity index (χ3n) is 2.96. The molecule has 0 saturated heterocycles. The van der Waals surface area contributed by atoms with E-state index < -0.39 is 5.76 Å². The molecule has 0 atom stereocenters. The Bertz CT molecular complexity index is 973. The predicted octanol–water partition coefficient (Wildman–Crippen LogP) is 1.45. The van der Waals surface area contributed by atoms with Crippen LogP contribution in [-0.2, 0) is 6.54 Å². The molecule has 0 unspecified atom stereocenters. The number of thiophene rings is 1. The van der Waals surface area contributed by atoms with Gasteiger partial charge in [0, 0.05) is 12.4 Å². The zero-order valence-corrected chi connectivity index (χ0v) is 12.3. The van der Waals surface area contributed by atoms with E-state index in [-0.39, 0.29) is 24.1 Å². The van der Waals surface area contributed by atoms with Crippen molar-refractivity contribution in [3.63, 3.8) is 0 Å². The molecule has 0 aromatic carbocycles. The molecule has 0 aliphatic heterocycles. The zero-order chi connectivity index (χ0) is 15.6. The van der Waals surface area contributed by atoms with Crippen LogP contribution in [0.2, 0.25) is 0 Å². The first kappa shape index (κ1) is 13.5. The normalized spacial score (nSPS) is 11.0. The Morgan fingerprint density at radius 1 is 1.09 bits per heavy atom. The molecule has 0 aliphatic rings. The minimum Gasteiger partial charge on any atom is -0.337 e. The number of aromatic nitrogens is 6. The lowest BCUT2D eigenvalue weighted by molar-refractivity contribution is 0.354. The number of rotatable bonds is 4. The Morgan fingerprint density at radius 3 is 2.74 bits per heavy atom. The van der Waals surface area contributed by atoms with Gasteiger partial charge in [0.05, 0.1) is 4.88 Å². The van der Waals surface area contributed by atoms with Crippen molar-refractivity contribution in [2.75, 3.05) is 0 Å². The standard InChI is InChI=1S/C13H8N6O3S/c20-13-19(12(18-22-13)11-14-4-2-5-15-11)7-9-16-10(17-21-9)8-3-1-6-23-8/h1-6H,7H2. The van der Waals surface area contributed by atoms with Gasteiger partial charge in [0.1, 0.15) is 6.54 Å². The molecule has 0 spiro atoms. The molecule has 23 heavy (non-hydrogen) atoms. The summed E-state index contributed by atoms with van der Waals surface area (Å²) >= 11 is 1.50. The van der Waals surface area contributed by atoms with E-state index in [0.29, 0.717) is 5.82 Å².